The summed E-state index contributed by atoms with van der Waals surface area (Å²) in [6, 6.07) is 15.2. The van der Waals surface area contributed by atoms with Crippen LogP contribution < -0.4 is 5.32 Å². The van der Waals surface area contributed by atoms with Crippen LogP contribution in [-0.4, -0.2) is 23.9 Å². The second kappa shape index (κ2) is 9.43. The van der Waals surface area contributed by atoms with Gasteiger partial charge in [0, 0.05) is 19.6 Å². The number of hydrogen-bond donors (Lipinski definition) is 1. The lowest BCUT2D eigenvalue weighted by molar-refractivity contribution is -0.127. The van der Waals surface area contributed by atoms with E-state index in [9.17, 15) is 13.6 Å². The van der Waals surface area contributed by atoms with E-state index in [1.54, 1.807) is 31.4 Å². The minimum Gasteiger partial charge on any atom is -0.467 e. The predicted molar refractivity (Wildman–Crippen MR) is 114 cm³/mol. The van der Waals surface area contributed by atoms with Gasteiger partial charge in [0.05, 0.1) is 18.7 Å². The molecule has 2 aromatic carbocycles. The number of hydrogen-bond acceptors (Lipinski definition) is 3. The van der Waals surface area contributed by atoms with Gasteiger partial charge in [-0.1, -0.05) is 24.3 Å². The summed E-state index contributed by atoms with van der Waals surface area (Å²) in [5, 5.41) is 2.97. The van der Waals surface area contributed by atoms with Crippen LogP contribution in [0.5, 0.6) is 0 Å². The van der Waals surface area contributed by atoms with E-state index in [-0.39, 0.29) is 29.4 Å². The highest BCUT2D eigenvalue weighted by atomic mass is 19.1. The van der Waals surface area contributed by atoms with Crippen LogP contribution in [0.1, 0.15) is 34.8 Å². The molecule has 1 aliphatic rings. The number of rotatable bonds is 6. The van der Waals surface area contributed by atoms with Gasteiger partial charge in [0.1, 0.15) is 17.4 Å². The first-order valence-electron chi connectivity index (χ1n) is 10.5. The minimum absolute atomic E-state index is 0.0240. The molecule has 1 aromatic heterocycles. The van der Waals surface area contributed by atoms with Crippen LogP contribution in [0, 0.1) is 24.5 Å². The summed E-state index contributed by atoms with van der Waals surface area (Å²) in [5.74, 6) is 0.0853. The van der Waals surface area contributed by atoms with Crippen molar-refractivity contribution in [1.29, 1.82) is 0 Å². The summed E-state index contributed by atoms with van der Waals surface area (Å²) in [7, 11) is 0. The topological polar surface area (TPSA) is 45.5 Å². The Bertz CT molecular complexity index is 1020. The van der Waals surface area contributed by atoms with Crippen molar-refractivity contribution in [2.75, 3.05) is 13.1 Å². The predicted octanol–water partition coefficient (Wildman–Crippen LogP) is 4.79. The highest BCUT2D eigenvalue weighted by Gasteiger charge is 2.32. The van der Waals surface area contributed by atoms with Gasteiger partial charge in [-0.25, -0.2) is 8.78 Å². The molecular weight excluding hydrogens is 398 g/mol. The Balaban J connectivity index is 1.51. The molecule has 0 spiro atoms. The Morgan fingerprint density at radius 1 is 1.13 bits per heavy atom. The Morgan fingerprint density at radius 3 is 2.65 bits per heavy atom. The molecule has 2 heterocycles. The molecule has 0 bridgehead atoms. The second-order valence-corrected chi connectivity index (χ2v) is 8.26. The van der Waals surface area contributed by atoms with Crippen LogP contribution in [0.25, 0.3) is 0 Å². The third kappa shape index (κ3) is 5.39. The van der Waals surface area contributed by atoms with E-state index >= 15 is 0 Å². The monoisotopic (exact) mass is 424 g/mol. The van der Waals surface area contributed by atoms with Crippen LogP contribution in [0.3, 0.4) is 0 Å². The summed E-state index contributed by atoms with van der Waals surface area (Å²) < 4.78 is 32.4. The van der Waals surface area contributed by atoms with E-state index < -0.39 is 0 Å². The molecule has 1 N–H and O–H groups in total. The average molecular weight is 424 g/mol. The fourth-order valence-electron chi connectivity index (χ4n) is 4.25. The van der Waals surface area contributed by atoms with Crippen molar-refractivity contribution in [3.05, 3.63) is 94.9 Å². The maximum absolute atomic E-state index is 13.8. The van der Waals surface area contributed by atoms with E-state index in [2.05, 4.69) is 10.2 Å². The summed E-state index contributed by atoms with van der Waals surface area (Å²) in [6.45, 7) is 4.09. The number of nitrogens with zero attached hydrogens (tertiary/aromatic N) is 1. The third-order valence-electron chi connectivity index (χ3n) is 5.89. The minimum atomic E-state index is -0.266. The molecule has 4 rings (SSSR count). The molecule has 0 radical (unpaired) electrons. The van der Waals surface area contributed by atoms with Crippen LogP contribution in [-0.2, 0) is 17.9 Å². The molecule has 0 saturated carbocycles. The van der Waals surface area contributed by atoms with Gasteiger partial charge in [-0.15, -0.1) is 0 Å². The van der Waals surface area contributed by atoms with Crippen LogP contribution in [0.2, 0.25) is 0 Å². The molecule has 31 heavy (non-hydrogen) atoms. The molecule has 6 heteroatoms. The van der Waals surface area contributed by atoms with Gasteiger partial charge in [0.2, 0.25) is 5.91 Å². The lowest BCUT2D eigenvalue weighted by Gasteiger charge is -2.37. The normalized spacial score (nSPS) is 19.3. The zero-order valence-corrected chi connectivity index (χ0v) is 17.5. The van der Waals surface area contributed by atoms with Gasteiger partial charge < -0.3 is 9.73 Å². The van der Waals surface area contributed by atoms with Crippen molar-refractivity contribution in [3.63, 3.8) is 0 Å². The maximum atomic E-state index is 13.8. The van der Waals surface area contributed by atoms with Gasteiger partial charge in [-0.3, -0.25) is 9.69 Å². The zero-order chi connectivity index (χ0) is 21.8. The lowest BCUT2D eigenvalue weighted by atomic mass is 9.83. The van der Waals surface area contributed by atoms with Crippen molar-refractivity contribution in [2.45, 2.75) is 32.4 Å². The molecule has 0 aliphatic carbocycles. The van der Waals surface area contributed by atoms with Crippen molar-refractivity contribution in [2.24, 2.45) is 5.92 Å². The first-order chi connectivity index (χ1) is 15.0. The zero-order valence-electron chi connectivity index (χ0n) is 17.5. The molecule has 1 aliphatic heterocycles. The second-order valence-electron chi connectivity index (χ2n) is 8.26. The maximum Gasteiger partial charge on any atom is 0.224 e. The first kappa shape index (κ1) is 21.2. The molecule has 3 aromatic rings. The Labute approximate surface area is 180 Å². The molecule has 1 fully saturated rings. The fraction of sp³-hybridized carbons (Fsp3) is 0.320. The van der Waals surface area contributed by atoms with Gasteiger partial charge in [-0.2, -0.15) is 0 Å². The van der Waals surface area contributed by atoms with E-state index in [0.717, 1.165) is 17.7 Å². The summed E-state index contributed by atoms with van der Waals surface area (Å²) in [4.78, 5) is 15.2. The summed E-state index contributed by atoms with van der Waals surface area (Å²) in [5.41, 5.74) is 2.63. The molecule has 162 valence electrons. The van der Waals surface area contributed by atoms with E-state index in [4.69, 9.17) is 4.42 Å². The quantitative estimate of drug-likeness (QED) is 0.619. The van der Waals surface area contributed by atoms with Crippen molar-refractivity contribution in [3.8, 4) is 0 Å². The molecule has 4 nitrogen and oxygen atoms in total. The van der Waals surface area contributed by atoms with Crippen LogP contribution >= 0.6 is 0 Å². The van der Waals surface area contributed by atoms with Crippen molar-refractivity contribution < 1.29 is 18.0 Å². The number of carbonyl (C=O) groups excluding carboxylic acids is 1. The Kier molecular flexibility index (Phi) is 6.47. The molecule has 2 atom stereocenters. The van der Waals surface area contributed by atoms with Crippen molar-refractivity contribution in [1.82, 2.24) is 10.2 Å². The third-order valence-corrected chi connectivity index (χ3v) is 5.89. The van der Waals surface area contributed by atoms with E-state index in [1.807, 2.05) is 18.2 Å². The number of amides is 1. The summed E-state index contributed by atoms with van der Waals surface area (Å²) >= 11 is 0. The lowest BCUT2D eigenvalue weighted by Crippen LogP contribution is -2.45. The van der Waals surface area contributed by atoms with Gasteiger partial charge in [0.25, 0.3) is 0 Å². The fourth-order valence-corrected chi connectivity index (χ4v) is 4.25. The average Bonchev–Trinajstić information content (AvgIpc) is 3.29. The smallest absolute Gasteiger partial charge is 0.224 e. The number of furan rings is 1. The Hall–Kier alpha value is -2.99. The van der Waals surface area contributed by atoms with Crippen LogP contribution in [0.4, 0.5) is 8.78 Å². The molecular formula is C25H26F2N2O2. The molecule has 1 saturated heterocycles. The van der Waals surface area contributed by atoms with Crippen molar-refractivity contribution >= 4 is 5.91 Å². The number of aryl methyl sites for hydroxylation is 1. The number of carbonyl (C=O) groups is 1. The largest absolute Gasteiger partial charge is 0.467 e. The van der Waals surface area contributed by atoms with Crippen LogP contribution in [0.15, 0.2) is 65.3 Å². The number of halogens is 2. The number of likely N-dealkylation sites (tertiary alicyclic amines) is 1. The SMILES string of the molecule is Cc1cc([C@@H]2C[C@@H](C(=O)NCc3ccco3)CN(Cc3ccc(F)cc3)C2)ccc1F. The number of nitrogens with one attached hydrogen (secondary N) is 1. The highest BCUT2D eigenvalue weighted by molar-refractivity contribution is 5.79. The number of benzene rings is 2. The van der Waals surface area contributed by atoms with E-state index in [0.29, 0.717) is 37.4 Å². The standard InChI is InChI=1S/C25H26F2N2O2/c1-17-11-19(6-9-24(17)27)20-12-21(25(30)28-13-23-3-2-10-31-23)16-29(15-20)14-18-4-7-22(26)8-5-18/h2-11,20-21H,12-16H2,1H3,(H,28,30)/t20-,21-/m1/s1. The Morgan fingerprint density at radius 2 is 1.94 bits per heavy atom. The van der Waals surface area contributed by atoms with Gasteiger partial charge >= 0.3 is 0 Å². The molecule has 0 unspecified atom stereocenters. The summed E-state index contributed by atoms with van der Waals surface area (Å²) in [6.07, 6.45) is 2.27. The molecule has 1 amide bonds. The first-order valence-corrected chi connectivity index (χ1v) is 10.5. The van der Waals surface area contributed by atoms with Gasteiger partial charge in [-0.05, 0) is 66.3 Å². The van der Waals surface area contributed by atoms with Gasteiger partial charge in [0.15, 0.2) is 0 Å². The number of piperidine rings is 1. The van der Waals surface area contributed by atoms with E-state index in [1.165, 1.54) is 18.2 Å². The highest BCUT2D eigenvalue weighted by Crippen LogP contribution is 2.32.